The van der Waals surface area contributed by atoms with Crippen LogP contribution in [0, 0.1) is 0 Å². The van der Waals surface area contributed by atoms with Gasteiger partial charge in [0.25, 0.3) is 0 Å². The van der Waals surface area contributed by atoms with Crippen LogP contribution in [0.15, 0.2) is 24.3 Å². The Kier molecular flexibility index (Phi) is 4.22. The Morgan fingerprint density at radius 1 is 1.32 bits per heavy atom. The molecule has 0 aliphatic rings. The average Bonchev–Trinajstić information content (AvgIpc) is 2.67. The Balaban J connectivity index is 2.27. The van der Waals surface area contributed by atoms with Crippen LogP contribution in [0.1, 0.15) is 17.7 Å². The maximum Gasteiger partial charge on any atom is 0.307 e. The smallest absolute Gasteiger partial charge is 0.307 e. The van der Waals surface area contributed by atoms with Crippen molar-refractivity contribution in [2.75, 3.05) is 20.6 Å². The van der Waals surface area contributed by atoms with E-state index in [1.165, 1.54) is 0 Å². The fourth-order valence-corrected chi connectivity index (χ4v) is 2.39. The third kappa shape index (κ3) is 3.35. The lowest BCUT2D eigenvalue weighted by Crippen LogP contribution is -2.14. The summed E-state index contributed by atoms with van der Waals surface area (Å²) in [5, 5.41) is 10.1. The zero-order chi connectivity index (χ0) is 13.8. The lowest BCUT2D eigenvalue weighted by atomic mass is 10.0. The van der Waals surface area contributed by atoms with E-state index in [0.29, 0.717) is 0 Å². The molecule has 102 valence electrons. The molecule has 4 heteroatoms. The van der Waals surface area contributed by atoms with E-state index in [0.717, 1.165) is 41.5 Å². The number of fused-ring (bicyclic) bond motifs is 1. The molecule has 1 heterocycles. The summed E-state index contributed by atoms with van der Waals surface area (Å²) in [5.74, 6) is -0.779. The summed E-state index contributed by atoms with van der Waals surface area (Å²) in [4.78, 5) is 16.5. The second-order valence-corrected chi connectivity index (χ2v) is 5.11. The predicted molar refractivity (Wildman–Crippen MR) is 76.5 cm³/mol. The van der Waals surface area contributed by atoms with Gasteiger partial charge in [-0.2, -0.15) is 0 Å². The second-order valence-electron chi connectivity index (χ2n) is 5.11. The monoisotopic (exact) mass is 260 g/mol. The number of nitrogens with zero attached hydrogens (tertiary/aromatic N) is 1. The minimum absolute atomic E-state index is 0.0846. The largest absolute Gasteiger partial charge is 0.481 e. The highest BCUT2D eigenvalue weighted by Crippen LogP contribution is 2.24. The van der Waals surface area contributed by atoms with Gasteiger partial charge < -0.3 is 15.0 Å². The zero-order valence-corrected chi connectivity index (χ0v) is 11.4. The van der Waals surface area contributed by atoms with Gasteiger partial charge in [-0.25, -0.2) is 0 Å². The van der Waals surface area contributed by atoms with Crippen molar-refractivity contribution in [3.8, 4) is 0 Å². The van der Waals surface area contributed by atoms with Crippen LogP contribution in [0.25, 0.3) is 10.9 Å². The van der Waals surface area contributed by atoms with Gasteiger partial charge in [-0.1, -0.05) is 18.2 Å². The van der Waals surface area contributed by atoms with E-state index >= 15 is 0 Å². The molecule has 4 nitrogen and oxygen atoms in total. The highest BCUT2D eigenvalue weighted by Gasteiger charge is 2.13. The van der Waals surface area contributed by atoms with Gasteiger partial charge in [0, 0.05) is 16.6 Å². The molecule has 19 heavy (non-hydrogen) atoms. The van der Waals surface area contributed by atoms with Crippen molar-refractivity contribution in [3.63, 3.8) is 0 Å². The molecule has 0 bridgehead atoms. The topological polar surface area (TPSA) is 56.3 Å². The number of rotatable bonds is 6. The van der Waals surface area contributed by atoms with Crippen molar-refractivity contribution >= 4 is 16.9 Å². The summed E-state index contributed by atoms with van der Waals surface area (Å²) >= 11 is 0. The maximum atomic E-state index is 11.0. The molecule has 0 fully saturated rings. The Labute approximate surface area is 113 Å². The van der Waals surface area contributed by atoms with Crippen LogP contribution < -0.4 is 0 Å². The summed E-state index contributed by atoms with van der Waals surface area (Å²) in [6.45, 7) is 1.00. The third-order valence-electron chi connectivity index (χ3n) is 3.26. The summed E-state index contributed by atoms with van der Waals surface area (Å²) in [6, 6.07) is 7.90. The van der Waals surface area contributed by atoms with Gasteiger partial charge >= 0.3 is 5.97 Å². The Morgan fingerprint density at radius 3 is 2.74 bits per heavy atom. The first kappa shape index (κ1) is 13.6. The Bertz CT molecular complexity index is 573. The fraction of sp³-hybridized carbons (Fsp3) is 0.400. The molecule has 2 rings (SSSR count). The number of aromatic nitrogens is 1. The standard InChI is InChI=1S/C15H20N2O2/c1-17(2)9-5-8-14-12(10-15(18)19)11-6-3-4-7-13(11)16-14/h3-4,6-7,16H,5,8-10H2,1-2H3,(H,18,19). The lowest BCUT2D eigenvalue weighted by molar-refractivity contribution is -0.136. The number of nitrogens with one attached hydrogen (secondary N) is 1. The van der Waals surface area contributed by atoms with E-state index in [1.807, 2.05) is 38.4 Å². The maximum absolute atomic E-state index is 11.0. The van der Waals surface area contributed by atoms with Crippen molar-refractivity contribution < 1.29 is 9.90 Å². The van der Waals surface area contributed by atoms with E-state index in [4.69, 9.17) is 5.11 Å². The van der Waals surface area contributed by atoms with E-state index in [1.54, 1.807) is 0 Å². The van der Waals surface area contributed by atoms with Crippen molar-refractivity contribution in [2.24, 2.45) is 0 Å². The minimum Gasteiger partial charge on any atom is -0.481 e. The van der Waals surface area contributed by atoms with E-state index in [9.17, 15) is 4.79 Å². The normalized spacial score (nSPS) is 11.3. The minimum atomic E-state index is -0.779. The summed E-state index contributed by atoms with van der Waals surface area (Å²) in [6.07, 6.45) is 1.99. The van der Waals surface area contributed by atoms with Crippen LogP contribution in [-0.2, 0) is 17.6 Å². The predicted octanol–water partition coefficient (Wildman–Crippen LogP) is 2.29. The quantitative estimate of drug-likeness (QED) is 0.838. The first-order valence-corrected chi connectivity index (χ1v) is 6.53. The molecule has 0 unspecified atom stereocenters. The lowest BCUT2D eigenvalue weighted by Gasteiger charge is -2.09. The molecule has 2 N–H and O–H groups in total. The van der Waals surface area contributed by atoms with Gasteiger partial charge in [0.1, 0.15) is 0 Å². The van der Waals surface area contributed by atoms with Crippen LogP contribution in [0.2, 0.25) is 0 Å². The third-order valence-corrected chi connectivity index (χ3v) is 3.26. The molecule has 1 aromatic heterocycles. The number of carbonyl (C=O) groups is 1. The van der Waals surface area contributed by atoms with Gasteiger partial charge in [0.15, 0.2) is 0 Å². The molecule has 0 amide bonds. The molecule has 0 radical (unpaired) electrons. The van der Waals surface area contributed by atoms with Crippen LogP contribution in [0.4, 0.5) is 0 Å². The van der Waals surface area contributed by atoms with E-state index < -0.39 is 5.97 Å². The van der Waals surface area contributed by atoms with Crippen molar-refractivity contribution in [2.45, 2.75) is 19.3 Å². The van der Waals surface area contributed by atoms with Crippen LogP contribution in [0.5, 0.6) is 0 Å². The molecular formula is C15H20N2O2. The molecule has 0 aliphatic carbocycles. The van der Waals surface area contributed by atoms with E-state index in [2.05, 4.69) is 9.88 Å². The van der Waals surface area contributed by atoms with Crippen molar-refractivity contribution in [1.82, 2.24) is 9.88 Å². The summed E-state index contributed by atoms with van der Waals surface area (Å²) in [7, 11) is 4.09. The van der Waals surface area contributed by atoms with Crippen LogP contribution in [0.3, 0.4) is 0 Å². The fourth-order valence-electron chi connectivity index (χ4n) is 2.39. The van der Waals surface area contributed by atoms with Gasteiger partial charge in [-0.15, -0.1) is 0 Å². The van der Waals surface area contributed by atoms with Crippen molar-refractivity contribution in [1.29, 1.82) is 0 Å². The summed E-state index contributed by atoms with van der Waals surface area (Å²) in [5.41, 5.74) is 3.02. The number of aromatic amines is 1. The molecular weight excluding hydrogens is 240 g/mol. The van der Waals surface area contributed by atoms with Gasteiger partial charge in [-0.3, -0.25) is 4.79 Å². The van der Waals surface area contributed by atoms with Gasteiger partial charge in [-0.05, 0) is 45.1 Å². The number of benzene rings is 1. The molecule has 0 atom stereocenters. The SMILES string of the molecule is CN(C)CCCc1[nH]c2ccccc2c1CC(=O)O. The number of hydrogen-bond acceptors (Lipinski definition) is 2. The first-order chi connectivity index (χ1) is 9.08. The van der Waals surface area contributed by atoms with E-state index in [-0.39, 0.29) is 6.42 Å². The number of aliphatic carboxylic acids is 1. The first-order valence-electron chi connectivity index (χ1n) is 6.53. The number of aryl methyl sites for hydroxylation is 1. The average molecular weight is 260 g/mol. The van der Waals surface area contributed by atoms with Gasteiger partial charge in [0.05, 0.1) is 6.42 Å². The Hall–Kier alpha value is -1.81. The van der Waals surface area contributed by atoms with Crippen LogP contribution in [-0.4, -0.2) is 41.6 Å². The zero-order valence-electron chi connectivity index (χ0n) is 11.4. The highest BCUT2D eigenvalue weighted by molar-refractivity contribution is 5.88. The molecule has 0 spiro atoms. The second kappa shape index (κ2) is 5.89. The van der Waals surface area contributed by atoms with Crippen LogP contribution >= 0.6 is 0 Å². The number of carboxylic acid groups (broad SMARTS) is 1. The molecule has 0 saturated heterocycles. The Morgan fingerprint density at radius 2 is 2.05 bits per heavy atom. The molecule has 1 aromatic carbocycles. The number of hydrogen-bond donors (Lipinski definition) is 2. The van der Waals surface area contributed by atoms with Crippen molar-refractivity contribution in [3.05, 3.63) is 35.5 Å². The molecule has 0 saturated carbocycles. The number of para-hydroxylation sites is 1. The molecule has 2 aromatic rings. The highest BCUT2D eigenvalue weighted by atomic mass is 16.4. The number of H-pyrrole nitrogens is 1. The molecule has 0 aliphatic heterocycles. The van der Waals surface area contributed by atoms with Gasteiger partial charge in [0.2, 0.25) is 0 Å². The number of carboxylic acids is 1. The summed E-state index contributed by atoms with van der Waals surface area (Å²) < 4.78 is 0.